The van der Waals surface area contributed by atoms with Crippen molar-refractivity contribution in [1.29, 1.82) is 0 Å². The Balaban J connectivity index is 1.67. The number of nitrogens with zero attached hydrogens (tertiary/aromatic N) is 1. The summed E-state index contributed by atoms with van der Waals surface area (Å²) >= 11 is 0. The lowest BCUT2D eigenvalue weighted by molar-refractivity contribution is -0.115. The van der Waals surface area contributed by atoms with Crippen LogP contribution in [0, 0.1) is 0 Å². The number of amides is 2. The molecular formula is C23H22N2O3. The zero-order chi connectivity index (χ0) is 19.9. The molecule has 5 heteroatoms. The first-order valence-corrected chi connectivity index (χ1v) is 8.93. The molecule has 0 aliphatic carbocycles. The highest BCUT2D eigenvalue weighted by Crippen LogP contribution is 2.18. The van der Waals surface area contributed by atoms with Crippen LogP contribution in [-0.4, -0.2) is 26.0 Å². The SMILES string of the molecule is COc1ccc(CC(=O)Nc2cccc(C(=O)N(C)c3ccccc3)c2)cc1. The summed E-state index contributed by atoms with van der Waals surface area (Å²) < 4.78 is 5.12. The molecule has 0 unspecified atom stereocenters. The molecule has 3 aromatic carbocycles. The first-order valence-electron chi connectivity index (χ1n) is 8.93. The standard InChI is InChI=1S/C23H22N2O3/c1-25(20-9-4-3-5-10-20)23(27)18-7-6-8-19(16-18)24-22(26)15-17-11-13-21(28-2)14-12-17/h3-14,16H,15H2,1-2H3,(H,24,26). The topological polar surface area (TPSA) is 58.6 Å². The van der Waals surface area contributed by atoms with Crippen LogP contribution >= 0.6 is 0 Å². The number of ether oxygens (including phenoxy) is 1. The van der Waals surface area contributed by atoms with E-state index in [1.165, 1.54) is 0 Å². The maximum Gasteiger partial charge on any atom is 0.258 e. The predicted octanol–water partition coefficient (Wildman–Crippen LogP) is 4.15. The summed E-state index contributed by atoms with van der Waals surface area (Å²) in [6.45, 7) is 0. The molecule has 0 saturated carbocycles. The number of hydrogen-bond donors (Lipinski definition) is 1. The Labute approximate surface area is 164 Å². The minimum atomic E-state index is -0.147. The van der Waals surface area contributed by atoms with Crippen molar-refractivity contribution in [3.63, 3.8) is 0 Å². The van der Waals surface area contributed by atoms with Gasteiger partial charge in [-0.1, -0.05) is 36.4 Å². The molecule has 0 aliphatic rings. The molecule has 2 amide bonds. The van der Waals surface area contributed by atoms with Crippen molar-refractivity contribution < 1.29 is 14.3 Å². The molecule has 0 fully saturated rings. The predicted molar refractivity (Wildman–Crippen MR) is 111 cm³/mol. The largest absolute Gasteiger partial charge is 0.497 e. The quantitative estimate of drug-likeness (QED) is 0.705. The molecule has 28 heavy (non-hydrogen) atoms. The van der Waals surface area contributed by atoms with Gasteiger partial charge in [-0.15, -0.1) is 0 Å². The van der Waals surface area contributed by atoms with Gasteiger partial charge in [0.25, 0.3) is 5.91 Å². The van der Waals surface area contributed by atoms with Crippen molar-refractivity contribution in [2.45, 2.75) is 6.42 Å². The summed E-state index contributed by atoms with van der Waals surface area (Å²) in [7, 11) is 3.33. The first kappa shape index (κ1) is 19.2. The van der Waals surface area contributed by atoms with Crippen LogP contribution < -0.4 is 15.0 Å². The van der Waals surface area contributed by atoms with E-state index in [2.05, 4.69) is 5.32 Å². The van der Waals surface area contributed by atoms with E-state index in [9.17, 15) is 9.59 Å². The van der Waals surface area contributed by atoms with E-state index in [4.69, 9.17) is 4.74 Å². The highest BCUT2D eigenvalue weighted by atomic mass is 16.5. The Kier molecular flexibility index (Phi) is 6.07. The van der Waals surface area contributed by atoms with Crippen molar-refractivity contribution in [3.05, 3.63) is 90.0 Å². The number of benzene rings is 3. The minimum Gasteiger partial charge on any atom is -0.497 e. The second kappa shape index (κ2) is 8.86. The van der Waals surface area contributed by atoms with Crippen LogP contribution in [0.2, 0.25) is 0 Å². The number of hydrogen-bond acceptors (Lipinski definition) is 3. The highest BCUT2D eigenvalue weighted by molar-refractivity contribution is 6.06. The van der Waals surface area contributed by atoms with Crippen molar-refractivity contribution in [1.82, 2.24) is 0 Å². The molecule has 0 aliphatic heterocycles. The average Bonchev–Trinajstić information content (AvgIpc) is 2.74. The van der Waals surface area contributed by atoms with E-state index in [1.807, 2.05) is 54.6 Å². The maximum atomic E-state index is 12.7. The summed E-state index contributed by atoms with van der Waals surface area (Å²) in [5.41, 5.74) is 2.79. The van der Waals surface area contributed by atoms with Gasteiger partial charge in [0.15, 0.2) is 0 Å². The number of nitrogens with one attached hydrogen (secondary N) is 1. The van der Waals surface area contributed by atoms with Crippen LogP contribution in [0.15, 0.2) is 78.9 Å². The lowest BCUT2D eigenvalue weighted by Crippen LogP contribution is -2.26. The molecule has 142 valence electrons. The molecule has 5 nitrogen and oxygen atoms in total. The summed E-state index contributed by atoms with van der Waals surface area (Å²) in [6, 6.07) is 23.7. The number of rotatable bonds is 6. The Morgan fingerprint density at radius 1 is 0.929 bits per heavy atom. The Bertz CT molecular complexity index is 953. The molecule has 3 aromatic rings. The summed E-state index contributed by atoms with van der Waals surface area (Å²) in [5, 5.41) is 2.85. The minimum absolute atomic E-state index is 0.141. The third-order valence-corrected chi connectivity index (χ3v) is 4.37. The Morgan fingerprint density at radius 3 is 2.32 bits per heavy atom. The molecule has 0 saturated heterocycles. The first-order chi connectivity index (χ1) is 13.6. The van der Waals surface area contributed by atoms with Crippen LogP contribution in [0.3, 0.4) is 0 Å². The van der Waals surface area contributed by atoms with Gasteiger partial charge in [-0.2, -0.15) is 0 Å². The molecule has 0 bridgehead atoms. The van der Waals surface area contributed by atoms with Crippen molar-refractivity contribution >= 4 is 23.2 Å². The Hall–Kier alpha value is -3.60. The fraction of sp³-hybridized carbons (Fsp3) is 0.130. The third kappa shape index (κ3) is 4.76. The smallest absolute Gasteiger partial charge is 0.258 e. The number of anilines is 2. The van der Waals surface area contributed by atoms with Crippen molar-refractivity contribution in [3.8, 4) is 5.75 Å². The zero-order valence-electron chi connectivity index (χ0n) is 15.9. The number of carbonyl (C=O) groups excluding carboxylic acids is 2. The average molecular weight is 374 g/mol. The number of methoxy groups -OCH3 is 1. The van der Waals surface area contributed by atoms with E-state index >= 15 is 0 Å². The lowest BCUT2D eigenvalue weighted by atomic mass is 10.1. The van der Waals surface area contributed by atoms with E-state index < -0.39 is 0 Å². The van der Waals surface area contributed by atoms with Gasteiger partial charge in [0.05, 0.1) is 13.5 Å². The third-order valence-electron chi connectivity index (χ3n) is 4.37. The van der Waals surface area contributed by atoms with Gasteiger partial charge in [-0.05, 0) is 48.0 Å². The van der Waals surface area contributed by atoms with Crippen molar-refractivity contribution in [2.75, 3.05) is 24.4 Å². The molecule has 0 heterocycles. The molecule has 0 spiro atoms. The van der Waals surface area contributed by atoms with Gasteiger partial charge >= 0.3 is 0 Å². The van der Waals surface area contributed by atoms with Crippen LogP contribution in [0.1, 0.15) is 15.9 Å². The molecule has 0 atom stereocenters. The Morgan fingerprint density at radius 2 is 1.64 bits per heavy atom. The lowest BCUT2D eigenvalue weighted by Gasteiger charge is -2.17. The molecule has 3 rings (SSSR count). The van der Waals surface area contributed by atoms with Gasteiger partial charge < -0.3 is 15.0 Å². The van der Waals surface area contributed by atoms with E-state index in [-0.39, 0.29) is 18.2 Å². The van der Waals surface area contributed by atoms with E-state index in [0.717, 1.165) is 17.0 Å². The molecule has 0 aromatic heterocycles. The van der Waals surface area contributed by atoms with Crippen LogP contribution in [0.5, 0.6) is 5.75 Å². The number of para-hydroxylation sites is 1. The maximum absolute atomic E-state index is 12.7. The van der Waals surface area contributed by atoms with Crippen LogP contribution in [0.4, 0.5) is 11.4 Å². The molecule has 1 N–H and O–H groups in total. The number of carbonyl (C=O) groups is 2. The molecule has 0 radical (unpaired) electrons. The fourth-order valence-corrected chi connectivity index (χ4v) is 2.83. The monoisotopic (exact) mass is 374 g/mol. The van der Waals surface area contributed by atoms with Gasteiger partial charge in [-0.3, -0.25) is 9.59 Å². The summed E-state index contributed by atoms with van der Waals surface area (Å²) in [4.78, 5) is 26.7. The summed E-state index contributed by atoms with van der Waals surface area (Å²) in [6.07, 6.45) is 0.242. The van der Waals surface area contributed by atoms with Gasteiger partial charge in [0.2, 0.25) is 5.91 Å². The zero-order valence-corrected chi connectivity index (χ0v) is 15.9. The van der Waals surface area contributed by atoms with Gasteiger partial charge in [0, 0.05) is 24.0 Å². The van der Waals surface area contributed by atoms with Gasteiger partial charge in [0.1, 0.15) is 5.75 Å². The fourth-order valence-electron chi connectivity index (χ4n) is 2.83. The van der Waals surface area contributed by atoms with E-state index in [1.54, 1.807) is 43.3 Å². The van der Waals surface area contributed by atoms with Crippen LogP contribution in [-0.2, 0) is 11.2 Å². The normalized spacial score (nSPS) is 10.2. The van der Waals surface area contributed by atoms with Crippen molar-refractivity contribution in [2.24, 2.45) is 0 Å². The second-order valence-corrected chi connectivity index (χ2v) is 6.35. The van der Waals surface area contributed by atoms with Crippen LogP contribution in [0.25, 0.3) is 0 Å². The second-order valence-electron chi connectivity index (χ2n) is 6.35. The summed E-state index contributed by atoms with van der Waals surface area (Å²) in [5.74, 6) is 0.460. The highest BCUT2D eigenvalue weighted by Gasteiger charge is 2.14. The van der Waals surface area contributed by atoms with Gasteiger partial charge in [-0.25, -0.2) is 0 Å². The molecular weight excluding hydrogens is 352 g/mol. The van der Waals surface area contributed by atoms with E-state index in [0.29, 0.717) is 11.3 Å².